The molecule has 0 aromatic carbocycles. The topological polar surface area (TPSA) is 38.3 Å². The van der Waals surface area contributed by atoms with Gasteiger partial charge in [-0.15, -0.1) is 11.6 Å². The van der Waals surface area contributed by atoms with Crippen LogP contribution in [0.2, 0.25) is 0 Å². The molecule has 2 rings (SSSR count). The maximum atomic E-state index is 5.96. The highest BCUT2D eigenvalue weighted by molar-refractivity contribution is 6.18. The second-order valence-corrected chi connectivity index (χ2v) is 4.28. The van der Waals surface area contributed by atoms with E-state index in [2.05, 4.69) is 14.9 Å². The minimum absolute atomic E-state index is 0.389. The summed E-state index contributed by atoms with van der Waals surface area (Å²) in [6, 6.07) is 0.389. The van der Waals surface area contributed by atoms with Crippen molar-refractivity contribution in [2.75, 3.05) is 24.4 Å². The van der Waals surface area contributed by atoms with Crippen molar-refractivity contribution in [3.05, 3.63) is 11.9 Å². The molecule has 1 aliphatic rings. The van der Waals surface area contributed by atoms with Gasteiger partial charge in [0.25, 0.3) is 0 Å². The Kier molecular flexibility index (Phi) is 3.49. The lowest BCUT2D eigenvalue weighted by molar-refractivity contribution is 0.393. The van der Waals surface area contributed by atoms with Gasteiger partial charge in [-0.2, -0.15) is 0 Å². The first-order chi connectivity index (χ1) is 7.77. The summed E-state index contributed by atoms with van der Waals surface area (Å²) in [4.78, 5) is 10.7. The van der Waals surface area contributed by atoms with Crippen LogP contribution in [-0.4, -0.2) is 35.5 Å². The standard InChI is InChI=1S/C11H16ClN3O/c1-8-10(13-7-14-11(8)16-2)15-5-3-4-9(15)6-12/h7,9H,3-6H2,1-2H3. The van der Waals surface area contributed by atoms with E-state index in [-0.39, 0.29) is 0 Å². The van der Waals surface area contributed by atoms with Gasteiger partial charge in [-0.3, -0.25) is 0 Å². The van der Waals surface area contributed by atoms with Crippen molar-refractivity contribution in [1.29, 1.82) is 0 Å². The minimum Gasteiger partial charge on any atom is -0.481 e. The van der Waals surface area contributed by atoms with E-state index < -0.39 is 0 Å². The maximum Gasteiger partial charge on any atom is 0.221 e. The van der Waals surface area contributed by atoms with Gasteiger partial charge < -0.3 is 9.64 Å². The largest absolute Gasteiger partial charge is 0.481 e. The molecule has 0 N–H and O–H groups in total. The molecular weight excluding hydrogens is 226 g/mol. The van der Waals surface area contributed by atoms with Crippen LogP contribution in [-0.2, 0) is 0 Å². The van der Waals surface area contributed by atoms with Crippen LogP contribution in [0.4, 0.5) is 5.82 Å². The molecule has 0 saturated carbocycles. The second kappa shape index (κ2) is 4.87. The fourth-order valence-electron chi connectivity index (χ4n) is 2.20. The molecule has 1 saturated heterocycles. The first-order valence-corrected chi connectivity index (χ1v) is 5.99. The summed E-state index contributed by atoms with van der Waals surface area (Å²) < 4.78 is 5.20. The lowest BCUT2D eigenvalue weighted by atomic mass is 10.2. The summed E-state index contributed by atoms with van der Waals surface area (Å²) in [5, 5.41) is 0. The predicted octanol–water partition coefficient (Wildman–Crippen LogP) is 2.00. The molecule has 0 amide bonds. The number of methoxy groups -OCH3 is 1. The van der Waals surface area contributed by atoms with E-state index in [1.165, 1.54) is 6.42 Å². The number of ether oxygens (including phenoxy) is 1. The van der Waals surface area contributed by atoms with E-state index in [0.29, 0.717) is 17.8 Å². The molecule has 0 bridgehead atoms. The zero-order valence-corrected chi connectivity index (χ0v) is 10.4. The van der Waals surface area contributed by atoms with Crippen molar-refractivity contribution in [2.24, 2.45) is 0 Å². The predicted molar refractivity (Wildman–Crippen MR) is 64.4 cm³/mol. The van der Waals surface area contributed by atoms with Gasteiger partial charge in [-0.05, 0) is 19.8 Å². The summed E-state index contributed by atoms with van der Waals surface area (Å²) in [6.45, 7) is 3.00. The Labute approximate surface area is 101 Å². The van der Waals surface area contributed by atoms with Crippen LogP contribution >= 0.6 is 11.6 Å². The number of hydrogen-bond acceptors (Lipinski definition) is 4. The highest BCUT2D eigenvalue weighted by Crippen LogP contribution is 2.30. The molecule has 16 heavy (non-hydrogen) atoms. The molecule has 0 aliphatic carbocycles. The van der Waals surface area contributed by atoms with Gasteiger partial charge in [0.05, 0.1) is 12.7 Å². The van der Waals surface area contributed by atoms with Crippen molar-refractivity contribution in [3.63, 3.8) is 0 Å². The Morgan fingerprint density at radius 2 is 2.38 bits per heavy atom. The zero-order chi connectivity index (χ0) is 11.5. The van der Waals surface area contributed by atoms with E-state index in [1.807, 2.05) is 6.92 Å². The molecule has 4 nitrogen and oxygen atoms in total. The summed E-state index contributed by atoms with van der Waals surface area (Å²) in [5.41, 5.74) is 0.988. The molecule has 0 radical (unpaired) electrons. The molecule has 1 aromatic heterocycles. The highest BCUT2D eigenvalue weighted by Gasteiger charge is 2.26. The van der Waals surface area contributed by atoms with Crippen molar-refractivity contribution in [2.45, 2.75) is 25.8 Å². The van der Waals surface area contributed by atoms with Crippen molar-refractivity contribution in [1.82, 2.24) is 9.97 Å². The van der Waals surface area contributed by atoms with Crippen LogP contribution in [0, 0.1) is 6.92 Å². The van der Waals surface area contributed by atoms with Crippen molar-refractivity contribution >= 4 is 17.4 Å². The molecule has 1 aromatic rings. The molecule has 88 valence electrons. The normalized spacial score (nSPS) is 20.2. The van der Waals surface area contributed by atoms with E-state index in [4.69, 9.17) is 16.3 Å². The van der Waals surface area contributed by atoms with Gasteiger partial charge in [0.2, 0.25) is 5.88 Å². The number of aromatic nitrogens is 2. The van der Waals surface area contributed by atoms with E-state index in [1.54, 1.807) is 13.4 Å². The van der Waals surface area contributed by atoms with Crippen LogP contribution in [0.3, 0.4) is 0 Å². The third kappa shape index (κ3) is 1.94. The Bertz CT molecular complexity index is 372. The Balaban J connectivity index is 2.32. The number of halogens is 1. The first kappa shape index (κ1) is 11.5. The van der Waals surface area contributed by atoms with E-state index in [0.717, 1.165) is 24.3 Å². The SMILES string of the molecule is COc1ncnc(N2CCCC2CCl)c1C. The number of nitrogens with zero attached hydrogens (tertiary/aromatic N) is 3. The summed E-state index contributed by atoms with van der Waals surface area (Å²) in [7, 11) is 1.63. The highest BCUT2D eigenvalue weighted by atomic mass is 35.5. The van der Waals surface area contributed by atoms with E-state index in [9.17, 15) is 0 Å². The lowest BCUT2D eigenvalue weighted by Gasteiger charge is -2.25. The van der Waals surface area contributed by atoms with Crippen LogP contribution in [0.25, 0.3) is 0 Å². The summed E-state index contributed by atoms with van der Waals surface area (Å²) in [5.74, 6) is 2.24. The van der Waals surface area contributed by atoms with Crippen LogP contribution in [0.15, 0.2) is 6.33 Å². The third-order valence-electron chi connectivity index (χ3n) is 3.03. The van der Waals surface area contributed by atoms with E-state index >= 15 is 0 Å². The Morgan fingerprint density at radius 1 is 1.56 bits per heavy atom. The number of alkyl halides is 1. The smallest absolute Gasteiger partial charge is 0.221 e. The Hall–Kier alpha value is -1.03. The first-order valence-electron chi connectivity index (χ1n) is 5.46. The number of hydrogen-bond donors (Lipinski definition) is 0. The van der Waals surface area contributed by atoms with Gasteiger partial charge in [-0.1, -0.05) is 0 Å². The average molecular weight is 242 g/mol. The van der Waals surface area contributed by atoms with Crippen LogP contribution in [0.1, 0.15) is 18.4 Å². The van der Waals surface area contributed by atoms with Gasteiger partial charge in [-0.25, -0.2) is 9.97 Å². The van der Waals surface area contributed by atoms with Gasteiger partial charge in [0.15, 0.2) is 0 Å². The van der Waals surface area contributed by atoms with Gasteiger partial charge in [0, 0.05) is 18.5 Å². The molecule has 1 atom stereocenters. The average Bonchev–Trinajstić information content (AvgIpc) is 2.77. The number of rotatable bonds is 3. The van der Waals surface area contributed by atoms with Gasteiger partial charge >= 0.3 is 0 Å². The Morgan fingerprint density at radius 3 is 3.06 bits per heavy atom. The minimum atomic E-state index is 0.389. The maximum absolute atomic E-state index is 5.96. The molecule has 5 heteroatoms. The zero-order valence-electron chi connectivity index (χ0n) is 9.61. The summed E-state index contributed by atoms with van der Waals surface area (Å²) >= 11 is 5.96. The molecule has 0 spiro atoms. The molecule has 2 heterocycles. The molecule has 1 aliphatic heterocycles. The molecule has 1 fully saturated rings. The molecule has 1 unspecified atom stereocenters. The molecular formula is C11H16ClN3O. The van der Waals surface area contributed by atoms with Crippen molar-refractivity contribution in [3.8, 4) is 5.88 Å². The summed E-state index contributed by atoms with van der Waals surface area (Å²) in [6.07, 6.45) is 3.85. The second-order valence-electron chi connectivity index (χ2n) is 3.98. The lowest BCUT2D eigenvalue weighted by Crippen LogP contribution is -2.32. The number of anilines is 1. The fourth-order valence-corrected chi connectivity index (χ4v) is 2.52. The van der Waals surface area contributed by atoms with Crippen LogP contribution < -0.4 is 9.64 Å². The van der Waals surface area contributed by atoms with Gasteiger partial charge in [0.1, 0.15) is 12.1 Å². The fraction of sp³-hybridized carbons (Fsp3) is 0.636. The quantitative estimate of drug-likeness (QED) is 0.759. The van der Waals surface area contributed by atoms with Crippen LogP contribution in [0.5, 0.6) is 5.88 Å². The monoisotopic (exact) mass is 241 g/mol. The van der Waals surface area contributed by atoms with Crippen molar-refractivity contribution < 1.29 is 4.74 Å². The third-order valence-corrected chi connectivity index (χ3v) is 3.39.